The molecule has 2 aromatic carbocycles. The van der Waals surface area contributed by atoms with Crippen LogP contribution in [-0.4, -0.2) is 36.5 Å². The number of benzene rings is 2. The molecule has 0 aromatic heterocycles. The topological polar surface area (TPSA) is 125 Å². The SMILES string of the molecule is COC(=O)c1ccc(CNC(=O)COC(=O)/C=C/c2cccc([N+](=O)[O-])c2)cc1. The molecule has 0 aliphatic carbocycles. The van der Waals surface area contributed by atoms with Crippen LogP contribution in [0.5, 0.6) is 0 Å². The first-order valence-corrected chi connectivity index (χ1v) is 8.42. The molecule has 0 aliphatic rings. The van der Waals surface area contributed by atoms with E-state index in [-0.39, 0.29) is 12.2 Å². The molecular weight excluding hydrogens is 380 g/mol. The van der Waals surface area contributed by atoms with E-state index in [0.717, 1.165) is 11.6 Å². The van der Waals surface area contributed by atoms with Crippen LogP contribution in [0.25, 0.3) is 6.08 Å². The number of non-ortho nitro benzene ring substituents is 1. The molecular formula is C20H18N2O7. The Morgan fingerprint density at radius 1 is 1.14 bits per heavy atom. The maximum absolute atomic E-state index is 11.8. The van der Waals surface area contributed by atoms with E-state index >= 15 is 0 Å². The normalized spacial score (nSPS) is 10.4. The van der Waals surface area contributed by atoms with Crippen molar-refractivity contribution >= 4 is 29.6 Å². The van der Waals surface area contributed by atoms with Crippen molar-refractivity contribution in [3.63, 3.8) is 0 Å². The van der Waals surface area contributed by atoms with E-state index < -0.39 is 29.4 Å². The Kier molecular flexibility index (Phi) is 7.60. The Balaban J connectivity index is 1.77. The molecule has 0 fully saturated rings. The Labute approximate surface area is 166 Å². The molecule has 9 heteroatoms. The smallest absolute Gasteiger partial charge is 0.337 e. The second kappa shape index (κ2) is 10.4. The molecule has 0 bridgehead atoms. The molecule has 0 spiro atoms. The lowest BCUT2D eigenvalue weighted by atomic mass is 10.1. The van der Waals surface area contributed by atoms with Crippen LogP contribution in [-0.2, 0) is 25.6 Å². The Morgan fingerprint density at radius 2 is 1.86 bits per heavy atom. The van der Waals surface area contributed by atoms with E-state index in [9.17, 15) is 24.5 Å². The number of nitrogens with zero attached hydrogens (tertiary/aromatic N) is 1. The third-order valence-corrected chi connectivity index (χ3v) is 3.70. The molecule has 0 aliphatic heterocycles. The number of hydrogen-bond acceptors (Lipinski definition) is 7. The summed E-state index contributed by atoms with van der Waals surface area (Å²) in [5.74, 6) is -1.71. The molecule has 150 valence electrons. The average molecular weight is 398 g/mol. The van der Waals surface area contributed by atoms with E-state index in [1.165, 1.54) is 31.4 Å². The monoisotopic (exact) mass is 398 g/mol. The maximum atomic E-state index is 11.8. The van der Waals surface area contributed by atoms with Gasteiger partial charge in [-0.2, -0.15) is 0 Å². The summed E-state index contributed by atoms with van der Waals surface area (Å²) >= 11 is 0. The van der Waals surface area contributed by atoms with Crippen molar-refractivity contribution in [1.82, 2.24) is 5.32 Å². The molecule has 1 N–H and O–H groups in total. The molecule has 0 heterocycles. The Morgan fingerprint density at radius 3 is 2.52 bits per heavy atom. The van der Waals surface area contributed by atoms with Crippen LogP contribution in [0.3, 0.4) is 0 Å². The highest BCUT2D eigenvalue weighted by molar-refractivity contribution is 5.90. The zero-order valence-electron chi connectivity index (χ0n) is 15.5. The second-order valence-electron chi connectivity index (χ2n) is 5.76. The summed E-state index contributed by atoms with van der Waals surface area (Å²) in [5, 5.41) is 13.3. The second-order valence-corrected chi connectivity index (χ2v) is 5.76. The molecule has 0 saturated carbocycles. The van der Waals surface area contributed by atoms with Crippen molar-refractivity contribution < 1.29 is 28.8 Å². The van der Waals surface area contributed by atoms with Crippen LogP contribution in [0.2, 0.25) is 0 Å². The van der Waals surface area contributed by atoms with Crippen LogP contribution in [0.15, 0.2) is 54.6 Å². The lowest BCUT2D eigenvalue weighted by Gasteiger charge is -2.06. The molecule has 9 nitrogen and oxygen atoms in total. The number of nitrogens with one attached hydrogen (secondary N) is 1. The number of methoxy groups -OCH3 is 1. The first kappa shape index (κ1) is 21.3. The standard InChI is InChI=1S/C20H18N2O7/c1-28-20(25)16-8-5-15(6-9-16)12-21-18(23)13-29-19(24)10-7-14-3-2-4-17(11-14)22(26)27/h2-11H,12-13H2,1H3,(H,21,23)/b10-7+. The van der Waals surface area contributed by atoms with Gasteiger partial charge in [-0.1, -0.05) is 24.3 Å². The van der Waals surface area contributed by atoms with E-state index in [1.807, 2.05) is 0 Å². The van der Waals surface area contributed by atoms with Gasteiger partial charge in [0.15, 0.2) is 6.61 Å². The number of ether oxygens (including phenoxy) is 2. The lowest BCUT2D eigenvalue weighted by Crippen LogP contribution is -2.28. The predicted octanol–water partition coefficient (Wildman–Crippen LogP) is 2.25. The van der Waals surface area contributed by atoms with Gasteiger partial charge >= 0.3 is 11.9 Å². The summed E-state index contributed by atoms with van der Waals surface area (Å²) in [7, 11) is 1.29. The zero-order chi connectivity index (χ0) is 21.2. The van der Waals surface area contributed by atoms with Gasteiger partial charge in [-0.05, 0) is 29.3 Å². The van der Waals surface area contributed by atoms with Crippen molar-refractivity contribution in [2.75, 3.05) is 13.7 Å². The minimum absolute atomic E-state index is 0.0977. The summed E-state index contributed by atoms with van der Waals surface area (Å²) in [4.78, 5) is 45.0. The van der Waals surface area contributed by atoms with Gasteiger partial charge in [0.05, 0.1) is 17.6 Å². The fourth-order valence-electron chi connectivity index (χ4n) is 2.22. The molecule has 0 saturated heterocycles. The van der Waals surface area contributed by atoms with Gasteiger partial charge < -0.3 is 14.8 Å². The first-order chi connectivity index (χ1) is 13.9. The molecule has 2 rings (SSSR count). The number of rotatable bonds is 8. The van der Waals surface area contributed by atoms with E-state index in [2.05, 4.69) is 10.1 Å². The number of carbonyl (C=O) groups excluding carboxylic acids is 3. The summed E-state index contributed by atoms with van der Waals surface area (Å²) in [6.07, 6.45) is 2.44. The highest BCUT2D eigenvalue weighted by Crippen LogP contribution is 2.14. The summed E-state index contributed by atoms with van der Waals surface area (Å²) in [5.41, 5.74) is 1.51. The highest BCUT2D eigenvalue weighted by atomic mass is 16.6. The van der Waals surface area contributed by atoms with E-state index in [1.54, 1.807) is 30.3 Å². The molecule has 2 aromatic rings. The van der Waals surface area contributed by atoms with Crippen LogP contribution < -0.4 is 5.32 Å². The average Bonchev–Trinajstić information content (AvgIpc) is 2.74. The van der Waals surface area contributed by atoms with Gasteiger partial charge in [0.1, 0.15) is 0 Å². The summed E-state index contributed by atoms with van der Waals surface area (Å²) in [6.45, 7) is -0.278. The quantitative estimate of drug-likeness (QED) is 0.313. The summed E-state index contributed by atoms with van der Waals surface area (Å²) < 4.78 is 9.42. The third kappa shape index (κ3) is 6.90. The number of esters is 2. The van der Waals surface area contributed by atoms with Crippen molar-refractivity contribution in [3.8, 4) is 0 Å². The molecule has 0 radical (unpaired) electrons. The molecule has 29 heavy (non-hydrogen) atoms. The minimum Gasteiger partial charge on any atom is -0.465 e. The van der Waals surface area contributed by atoms with Crippen LogP contribution in [0.4, 0.5) is 5.69 Å². The summed E-state index contributed by atoms with van der Waals surface area (Å²) in [6, 6.07) is 12.2. The minimum atomic E-state index is -0.755. The van der Waals surface area contributed by atoms with E-state index in [0.29, 0.717) is 11.1 Å². The molecule has 0 unspecified atom stereocenters. The fourth-order valence-corrected chi connectivity index (χ4v) is 2.22. The number of amides is 1. The number of hydrogen-bond donors (Lipinski definition) is 1. The van der Waals surface area contributed by atoms with Gasteiger partial charge in [0, 0.05) is 24.8 Å². The number of nitro benzene ring substituents is 1. The van der Waals surface area contributed by atoms with Crippen molar-refractivity contribution in [2.24, 2.45) is 0 Å². The van der Waals surface area contributed by atoms with Gasteiger partial charge in [0.2, 0.25) is 0 Å². The van der Waals surface area contributed by atoms with Gasteiger partial charge in [-0.3, -0.25) is 14.9 Å². The van der Waals surface area contributed by atoms with Crippen molar-refractivity contribution in [1.29, 1.82) is 0 Å². The van der Waals surface area contributed by atoms with Crippen LogP contribution in [0, 0.1) is 10.1 Å². The highest BCUT2D eigenvalue weighted by Gasteiger charge is 2.08. The van der Waals surface area contributed by atoms with Gasteiger partial charge in [-0.25, -0.2) is 9.59 Å². The molecule has 1 amide bonds. The van der Waals surface area contributed by atoms with Gasteiger partial charge in [-0.15, -0.1) is 0 Å². The van der Waals surface area contributed by atoms with Crippen molar-refractivity contribution in [3.05, 3.63) is 81.4 Å². The number of carbonyl (C=O) groups is 3. The lowest BCUT2D eigenvalue weighted by molar-refractivity contribution is -0.384. The van der Waals surface area contributed by atoms with Gasteiger partial charge in [0.25, 0.3) is 11.6 Å². The number of nitro groups is 1. The van der Waals surface area contributed by atoms with Crippen LogP contribution in [0.1, 0.15) is 21.5 Å². The maximum Gasteiger partial charge on any atom is 0.337 e. The predicted molar refractivity (Wildman–Crippen MR) is 103 cm³/mol. The van der Waals surface area contributed by atoms with Crippen LogP contribution >= 0.6 is 0 Å². The Bertz CT molecular complexity index is 936. The van der Waals surface area contributed by atoms with Crippen molar-refractivity contribution in [2.45, 2.75) is 6.54 Å². The fraction of sp³-hybridized carbons (Fsp3) is 0.150. The third-order valence-electron chi connectivity index (χ3n) is 3.70. The zero-order valence-corrected chi connectivity index (χ0v) is 15.5. The molecule has 0 atom stereocenters. The van der Waals surface area contributed by atoms with E-state index in [4.69, 9.17) is 4.74 Å². The first-order valence-electron chi connectivity index (χ1n) is 8.42. The largest absolute Gasteiger partial charge is 0.465 e. The Hall–Kier alpha value is -4.01.